The van der Waals surface area contributed by atoms with Crippen molar-refractivity contribution in [1.29, 1.82) is 0 Å². The molecule has 11 heavy (non-hydrogen) atoms. The third-order valence-electron chi connectivity index (χ3n) is 1.81. The number of rotatable bonds is 6. The molecule has 3 nitrogen and oxygen atoms in total. The van der Waals surface area contributed by atoms with Crippen LogP contribution in [0.4, 0.5) is 0 Å². The number of aliphatic hydroxyl groups is 1. The van der Waals surface area contributed by atoms with Gasteiger partial charge in [0.25, 0.3) is 0 Å². The van der Waals surface area contributed by atoms with Gasteiger partial charge in [-0.3, -0.25) is 4.99 Å². The SMILES string of the molecule is C=NC(COC)C(C)CCO. The third kappa shape index (κ3) is 4.11. The van der Waals surface area contributed by atoms with E-state index in [1.807, 2.05) is 6.92 Å². The molecule has 0 aliphatic carbocycles. The first kappa shape index (κ1) is 10.6. The molecule has 0 bridgehead atoms. The van der Waals surface area contributed by atoms with Crippen molar-refractivity contribution in [3.8, 4) is 0 Å². The molecule has 66 valence electrons. The summed E-state index contributed by atoms with van der Waals surface area (Å²) < 4.78 is 4.95. The van der Waals surface area contributed by atoms with Crippen molar-refractivity contribution in [1.82, 2.24) is 0 Å². The van der Waals surface area contributed by atoms with Crippen molar-refractivity contribution in [3.05, 3.63) is 0 Å². The van der Waals surface area contributed by atoms with Gasteiger partial charge in [-0.1, -0.05) is 6.92 Å². The lowest BCUT2D eigenvalue weighted by atomic mass is 10.0. The van der Waals surface area contributed by atoms with Crippen molar-refractivity contribution in [2.75, 3.05) is 20.3 Å². The highest BCUT2D eigenvalue weighted by molar-refractivity contribution is 5.24. The fourth-order valence-electron chi connectivity index (χ4n) is 0.964. The molecule has 3 heteroatoms. The Balaban J connectivity index is 3.70. The number of ether oxygens (including phenoxy) is 1. The van der Waals surface area contributed by atoms with E-state index in [4.69, 9.17) is 9.84 Å². The fourth-order valence-corrected chi connectivity index (χ4v) is 0.964. The molecule has 1 N–H and O–H groups in total. The molecule has 0 fully saturated rings. The van der Waals surface area contributed by atoms with Gasteiger partial charge in [-0.05, 0) is 19.1 Å². The Hall–Kier alpha value is -0.410. The van der Waals surface area contributed by atoms with E-state index in [0.717, 1.165) is 6.42 Å². The maximum atomic E-state index is 8.65. The lowest BCUT2D eigenvalue weighted by molar-refractivity contribution is 0.151. The van der Waals surface area contributed by atoms with E-state index in [0.29, 0.717) is 12.5 Å². The summed E-state index contributed by atoms with van der Waals surface area (Å²) in [7, 11) is 1.64. The minimum Gasteiger partial charge on any atom is -0.396 e. The topological polar surface area (TPSA) is 41.8 Å². The maximum Gasteiger partial charge on any atom is 0.0752 e. The molecule has 0 aliphatic heterocycles. The second-order valence-corrected chi connectivity index (χ2v) is 2.69. The Morgan fingerprint density at radius 1 is 1.64 bits per heavy atom. The zero-order valence-corrected chi connectivity index (χ0v) is 7.29. The molecule has 0 aromatic carbocycles. The standard InChI is InChI=1S/C8H17NO2/c1-7(4-5-10)8(9-2)6-11-3/h7-8,10H,2,4-6H2,1,3H3. The summed E-state index contributed by atoms with van der Waals surface area (Å²) in [5.74, 6) is 0.345. The van der Waals surface area contributed by atoms with Gasteiger partial charge >= 0.3 is 0 Å². The molecule has 0 aliphatic rings. The van der Waals surface area contributed by atoms with Crippen LogP contribution < -0.4 is 0 Å². The van der Waals surface area contributed by atoms with Crippen molar-refractivity contribution in [2.45, 2.75) is 19.4 Å². The first-order valence-corrected chi connectivity index (χ1v) is 3.81. The van der Waals surface area contributed by atoms with Gasteiger partial charge in [-0.25, -0.2) is 0 Å². The molecule has 0 rings (SSSR count). The Morgan fingerprint density at radius 3 is 2.64 bits per heavy atom. The summed E-state index contributed by atoms with van der Waals surface area (Å²) in [4.78, 5) is 3.91. The Bertz CT molecular complexity index is 106. The predicted molar refractivity (Wildman–Crippen MR) is 46.1 cm³/mol. The number of hydrogen-bond donors (Lipinski definition) is 1. The number of hydrogen-bond acceptors (Lipinski definition) is 3. The summed E-state index contributed by atoms with van der Waals surface area (Å²) >= 11 is 0. The van der Waals surface area contributed by atoms with Gasteiger partial charge in [-0.15, -0.1) is 0 Å². The summed E-state index contributed by atoms with van der Waals surface area (Å²) in [5.41, 5.74) is 0. The first-order chi connectivity index (χ1) is 5.26. The van der Waals surface area contributed by atoms with Gasteiger partial charge in [-0.2, -0.15) is 0 Å². The zero-order chi connectivity index (χ0) is 8.69. The minimum absolute atomic E-state index is 0.118. The largest absolute Gasteiger partial charge is 0.396 e. The van der Waals surface area contributed by atoms with Crippen LogP contribution in [0.1, 0.15) is 13.3 Å². The second-order valence-electron chi connectivity index (χ2n) is 2.69. The molecule has 0 spiro atoms. The molecular formula is C8H17NO2. The predicted octanol–water partition coefficient (Wildman–Crippen LogP) is 0.720. The molecule has 0 heterocycles. The lowest BCUT2D eigenvalue weighted by Crippen LogP contribution is -2.21. The summed E-state index contributed by atoms with van der Waals surface area (Å²) in [5, 5.41) is 8.65. The van der Waals surface area contributed by atoms with Crippen LogP contribution in [0.15, 0.2) is 4.99 Å². The van der Waals surface area contributed by atoms with E-state index in [1.54, 1.807) is 7.11 Å². The van der Waals surface area contributed by atoms with Gasteiger partial charge in [0.15, 0.2) is 0 Å². The van der Waals surface area contributed by atoms with E-state index in [1.165, 1.54) is 0 Å². The van der Waals surface area contributed by atoms with Crippen LogP contribution in [-0.4, -0.2) is 38.2 Å². The fraction of sp³-hybridized carbons (Fsp3) is 0.875. The number of aliphatic hydroxyl groups excluding tert-OH is 1. The quantitative estimate of drug-likeness (QED) is 0.580. The Kier molecular flexibility index (Phi) is 6.07. The smallest absolute Gasteiger partial charge is 0.0752 e. The third-order valence-corrected chi connectivity index (χ3v) is 1.81. The van der Waals surface area contributed by atoms with Crippen molar-refractivity contribution >= 4 is 6.72 Å². The van der Waals surface area contributed by atoms with Crippen LogP contribution in [0, 0.1) is 5.92 Å². The highest BCUT2D eigenvalue weighted by Crippen LogP contribution is 2.10. The van der Waals surface area contributed by atoms with E-state index < -0.39 is 0 Å². The van der Waals surface area contributed by atoms with Crippen LogP contribution in [0.5, 0.6) is 0 Å². The van der Waals surface area contributed by atoms with Gasteiger partial charge in [0.2, 0.25) is 0 Å². The zero-order valence-electron chi connectivity index (χ0n) is 7.29. The van der Waals surface area contributed by atoms with Crippen molar-refractivity contribution in [2.24, 2.45) is 10.9 Å². The molecule has 0 radical (unpaired) electrons. The molecule has 0 aromatic rings. The highest BCUT2D eigenvalue weighted by Gasteiger charge is 2.13. The molecule has 2 unspecified atom stereocenters. The monoisotopic (exact) mass is 159 g/mol. The van der Waals surface area contributed by atoms with Gasteiger partial charge in [0.1, 0.15) is 0 Å². The van der Waals surface area contributed by atoms with Gasteiger partial charge < -0.3 is 9.84 Å². The van der Waals surface area contributed by atoms with E-state index in [9.17, 15) is 0 Å². The average molecular weight is 159 g/mol. The van der Waals surface area contributed by atoms with Crippen molar-refractivity contribution < 1.29 is 9.84 Å². The molecule has 2 atom stereocenters. The minimum atomic E-state index is 0.118. The summed E-state index contributed by atoms with van der Waals surface area (Å²) in [6.07, 6.45) is 0.757. The van der Waals surface area contributed by atoms with E-state index in [2.05, 4.69) is 11.7 Å². The summed E-state index contributed by atoms with van der Waals surface area (Å²) in [6.45, 7) is 6.30. The highest BCUT2D eigenvalue weighted by atomic mass is 16.5. The average Bonchev–Trinajstić information content (AvgIpc) is 2.00. The van der Waals surface area contributed by atoms with Crippen LogP contribution >= 0.6 is 0 Å². The molecule has 0 amide bonds. The van der Waals surface area contributed by atoms with Gasteiger partial charge in [0.05, 0.1) is 12.6 Å². The lowest BCUT2D eigenvalue weighted by Gasteiger charge is -2.17. The maximum absolute atomic E-state index is 8.65. The Morgan fingerprint density at radius 2 is 2.27 bits per heavy atom. The van der Waals surface area contributed by atoms with Gasteiger partial charge in [0, 0.05) is 13.7 Å². The molecular weight excluding hydrogens is 142 g/mol. The van der Waals surface area contributed by atoms with Crippen LogP contribution in [-0.2, 0) is 4.74 Å². The van der Waals surface area contributed by atoms with E-state index in [-0.39, 0.29) is 12.6 Å². The van der Waals surface area contributed by atoms with Crippen LogP contribution in [0.25, 0.3) is 0 Å². The van der Waals surface area contributed by atoms with Crippen LogP contribution in [0.2, 0.25) is 0 Å². The number of methoxy groups -OCH3 is 1. The molecule has 0 saturated carbocycles. The van der Waals surface area contributed by atoms with Crippen molar-refractivity contribution in [3.63, 3.8) is 0 Å². The molecule has 0 saturated heterocycles. The molecule has 0 aromatic heterocycles. The number of nitrogens with zero attached hydrogens (tertiary/aromatic N) is 1. The van der Waals surface area contributed by atoms with Crippen LogP contribution in [0.3, 0.4) is 0 Å². The van der Waals surface area contributed by atoms with E-state index >= 15 is 0 Å². The normalized spacial score (nSPS) is 15.9. The first-order valence-electron chi connectivity index (χ1n) is 3.81. The number of aliphatic imine (C=N–C) groups is 1. The Labute approximate surface area is 68.1 Å². The second kappa shape index (κ2) is 6.31. The summed E-state index contributed by atoms with van der Waals surface area (Å²) in [6, 6.07) is 0.118.